The number of benzene rings is 1. The van der Waals surface area contributed by atoms with Gasteiger partial charge in [-0.05, 0) is 6.07 Å². The van der Waals surface area contributed by atoms with Crippen LogP contribution in [0.25, 0.3) is 11.3 Å². The van der Waals surface area contributed by atoms with Gasteiger partial charge < -0.3 is 5.11 Å². The summed E-state index contributed by atoms with van der Waals surface area (Å²) in [7, 11) is 0. The van der Waals surface area contributed by atoms with Gasteiger partial charge in [0, 0.05) is 5.56 Å². The Kier molecular flexibility index (Phi) is 3.39. The van der Waals surface area contributed by atoms with Gasteiger partial charge in [-0.25, -0.2) is 9.48 Å². The van der Waals surface area contributed by atoms with Gasteiger partial charge in [0.2, 0.25) is 0 Å². The molecule has 19 heavy (non-hydrogen) atoms. The molecule has 0 saturated heterocycles. The molecule has 2 aromatic rings. The second kappa shape index (κ2) is 5.14. The van der Waals surface area contributed by atoms with Crippen molar-refractivity contribution in [1.29, 1.82) is 5.26 Å². The molecule has 1 aromatic heterocycles. The van der Waals surface area contributed by atoms with E-state index in [0.717, 1.165) is 4.68 Å². The summed E-state index contributed by atoms with van der Waals surface area (Å²) >= 11 is 0. The van der Waals surface area contributed by atoms with Crippen molar-refractivity contribution in [1.82, 2.24) is 9.78 Å². The highest BCUT2D eigenvalue weighted by atomic mass is 16.4. The van der Waals surface area contributed by atoms with Gasteiger partial charge >= 0.3 is 5.97 Å². The summed E-state index contributed by atoms with van der Waals surface area (Å²) in [5.74, 6) is -1.34. The Hall–Kier alpha value is -2.94. The monoisotopic (exact) mass is 255 g/mol. The third kappa shape index (κ3) is 2.50. The van der Waals surface area contributed by atoms with E-state index in [9.17, 15) is 9.59 Å². The molecule has 0 aliphatic rings. The van der Waals surface area contributed by atoms with Crippen molar-refractivity contribution in [3.63, 3.8) is 0 Å². The number of hydrogen-bond acceptors (Lipinski definition) is 4. The molecule has 1 heterocycles. The molecule has 0 atom stereocenters. The van der Waals surface area contributed by atoms with Crippen LogP contribution in [0.2, 0.25) is 0 Å². The summed E-state index contributed by atoms with van der Waals surface area (Å²) in [5.41, 5.74) is -0.164. The molecule has 0 radical (unpaired) electrons. The second-order valence-corrected chi connectivity index (χ2v) is 3.74. The highest BCUT2D eigenvalue weighted by Gasteiger charge is 2.15. The standard InChI is InChI=1S/C13H9N3O3/c14-6-7-16-12(17)10(13(18)19)8-11(15-16)9-4-2-1-3-5-9/h1-5,8H,7H2,(H,18,19). The minimum atomic E-state index is -1.34. The molecule has 0 aliphatic heterocycles. The molecule has 0 unspecified atom stereocenters. The van der Waals surface area contributed by atoms with Crippen LogP contribution in [0, 0.1) is 11.3 Å². The fourth-order valence-electron chi connectivity index (χ4n) is 1.62. The minimum Gasteiger partial charge on any atom is -0.477 e. The van der Waals surface area contributed by atoms with E-state index in [0.29, 0.717) is 11.3 Å². The number of carbonyl (C=O) groups is 1. The largest absolute Gasteiger partial charge is 0.477 e. The Bertz CT molecular complexity index is 714. The van der Waals surface area contributed by atoms with Crippen molar-refractivity contribution >= 4 is 5.97 Å². The maximum atomic E-state index is 11.8. The predicted molar refractivity (Wildman–Crippen MR) is 66.5 cm³/mol. The Morgan fingerprint density at radius 1 is 1.37 bits per heavy atom. The molecule has 6 nitrogen and oxygen atoms in total. The number of nitrogens with zero attached hydrogens (tertiary/aromatic N) is 3. The third-order valence-electron chi connectivity index (χ3n) is 2.49. The molecule has 0 amide bonds. The van der Waals surface area contributed by atoms with Crippen molar-refractivity contribution in [3.8, 4) is 17.3 Å². The van der Waals surface area contributed by atoms with Gasteiger partial charge in [0.1, 0.15) is 12.1 Å². The average Bonchev–Trinajstić information content (AvgIpc) is 2.42. The number of hydrogen-bond donors (Lipinski definition) is 1. The zero-order valence-electron chi connectivity index (χ0n) is 9.78. The number of carboxylic acid groups (broad SMARTS) is 1. The fourth-order valence-corrected chi connectivity index (χ4v) is 1.62. The first kappa shape index (κ1) is 12.5. The van der Waals surface area contributed by atoms with Gasteiger partial charge in [0.05, 0.1) is 11.8 Å². The SMILES string of the molecule is N#CCn1nc(-c2ccccc2)cc(C(=O)O)c1=O. The lowest BCUT2D eigenvalue weighted by molar-refractivity contribution is 0.0694. The van der Waals surface area contributed by atoms with E-state index >= 15 is 0 Å². The van der Waals surface area contributed by atoms with Gasteiger partial charge in [0.15, 0.2) is 0 Å². The Balaban J connectivity index is 2.67. The number of aromatic carboxylic acids is 1. The molecule has 2 rings (SSSR count). The van der Waals surface area contributed by atoms with Crippen molar-refractivity contribution in [3.05, 3.63) is 52.3 Å². The average molecular weight is 255 g/mol. The van der Waals surface area contributed by atoms with Crippen LogP contribution in [0.1, 0.15) is 10.4 Å². The van der Waals surface area contributed by atoms with Gasteiger partial charge in [-0.1, -0.05) is 30.3 Å². The predicted octanol–water partition coefficient (Wildman–Crippen LogP) is 1.13. The van der Waals surface area contributed by atoms with E-state index in [1.807, 2.05) is 6.07 Å². The van der Waals surface area contributed by atoms with E-state index in [2.05, 4.69) is 5.10 Å². The minimum absolute atomic E-state index is 0.292. The summed E-state index contributed by atoms with van der Waals surface area (Å²) < 4.78 is 0.853. The molecule has 0 aliphatic carbocycles. The zero-order chi connectivity index (χ0) is 13.8. The van der Waals surface area contributed by atoms with Crippen LogP contribution in [0.4, 0.5) is 0 Å². The van der Waals surface area contributed by atoms with Crippen molar-refractivity contribution in [2.45, 2.75) is 6.54 Å². The van der Waals surface area contributed by atoms with Gasteiger partial charge in [-0.3, -0.25) is 4.79 Å². The quantitative estimate of drug-likeness (QED) is 0.886. The van der Waals surface area contributed by atoms with Crippen LogP contribution < -0.4 is 5.56 Å². The lowest BCUT2D eigenvalue weighted by Crippen LogP contribution is -2.28. The maximum Gasteiger partial charge on any atom is 0.341 e. The number of carboxylic acids is 1. The first-order chi connectivity index (χ1) is 9.13. The highest BCUT2D eigenvalue weighted by Crippen LogP contribution is 2.15. The van der Waals surface area contributed by atoms with E-state index in [4.69, 9.17) is 10.4 Å². The number of aromatic nitrogens is 2. The van der Waals surface area contributed by atoms with Gasteiger partial charge in [-0.15, -0.1) is 0 Å². The van der Waals surface area contributed by atoms with E-state index in [1.165, 1.54) is 6.07 Å². The molecule has 0 spiro atoms. The van der Waals surface area contributed by atoms with Crippen molar-refractivity contribution in [2.24, 2.45) is 0 Å². The normalized spacial score (nSPS) is 9.84. The van der Waals surface area contributed by atoms with Crippen LogP contribution in [-0.4, -0.2) is 20.9 Å². The highest BCUT2D eigenvalue weighted by molar-refractivity contribution is 5.88. The first-order valence-electron chi connectivity index (χ1n) is 5.41. The topological polar surface area (TPSA) is 96.0 Å². The van der Waals surface area contributed by atoms with Gasteiger partial charge in [-0.2, -0.15) is 10.4 Å². The van der Waals surface area contributed by atoms with E-state index in [1.54, 1.807) is 30.3 Å². The second-order valence-electron chi connectivity index (χ2n) is 3.74. The van der Waals surface area contributed by atoms with Gasteiger partial charge in [0.25, 0.3) is 5.56 Å². The number of nitriles is 1. The van der Waals surface area contributed by atoms with Crippen LogP contribution in [0.5, 0.6) is 0 Å². The Morgan fingerprint density at radius 3 is 2.63 bits per heavy atom. The third-order valence-corrected chi connectivity index (χ3v) is 2.49. The van der Waals surface area contributed by atoms with E-state index in [-0.39, 0.29) is 6.54 Å². The Labute approximate surface area is 108 Å². The number of rotatable bonds is 3. The maximum absolute atomic E-state index is 11.8. The van der Waals surface area contributed by atoms with Crippen LogP contribution in [0.15, 0.2) is 41.2 Å². The molecule has 1 N–H and O–H groups in total. The van der Waals surface area contributed by atoms with E-state index < -0.39 is 17.1 Å². The molecule has 0 fully saturated rings. The molecule has 1 aromatic carbocycles. The molecular formula is C13H9N3O3. The molecule has 94 valence electrons. The smallest absolute Gasteiger partial charge is 0.341 e. The van der Waals surface area contributed by atoms with Crippen LogP contribution in [-0.2, 0) is 6.54 Å². The van der Waals surface area contributed by atoms with Crippen molar-refractivity contribution < 1.29 is 9.90 Å². The zero-order valence-corrected chi connectivity index (χ0v) is 9.78. The molecule has 6 heteroatoms. The lowest BCUT2D eigenvalue weighted by Gasteiger charge is -2.06. The summed E-state index contributed by atoms with van der Waals surface area (Å²) in [6.07, 6.45) is 0. The first-order valence-corrected chi connectivity index (χ1v) is 5.41. The van der Waals surface area contributed by atoms with Crippen LogP contribution >= 0.6 is 0 Å². The summed E-state index contributed by atoms with van der Waals surface area (Å²) in [6, 6.07) is 11.8. The summed E-state index contributed by atoms with van der Waals surface area (Å²) in [6.45, 7) is -0.292. The summed E-state index contributed by atoms with van der Waals surface area (Å²) in [5, 5.41) is 21.6. The molecular weight excluding hydrogens is 246 g/mol. The molecule has 0 bridgehead atoms. The van der Waals surface area contributed by atoms with Crippen molar-refractivity contribution in [2.75, 3.05) is 0 Å². The molecule has 0 saturated carbocycles. The lowest BCUT2D eigenvalue weighted by atomic mass is 10.1. The Morgan fingerprint density at radius 2 is 2.05 bits per heavy atom. The fraction of sp³-hybridized carbons (Fsp3) is 0.0769. The van der Waals surface area contributed by atoms with Crippen LogP contribution in [0.3, 0.4) is 0 Å². The summed E-state index contributed by atoms with van der Waals surface area (Å²) in [4.78, 5) is 22.8.